The average molecular weight is 305 g/mol. The summed E-state index contributed by atoms with van der Waals surface area (Å²) in [7, 11) is 2.00. The van der Waals surface area contributed by atoms with Gasteiger partial charge in [-0.3, -0.25) is 9.69 Å². The van der Waals surface area contributed by atoms with Crippen molar-refractivity contribution in [1.82, 2.24) is 4.90 Å². The van der Waals surface area contributed by atoms with E-state index in [2.05, 4.69) is 17.9 Å². The minimum absolute atomic E-state index is 0.140. The molecule has 2 unspecified atom stereocenters. The highest BCUT2D eigenvalue weighted by Crippen LogP contribution is 2.24. The van der Waals surface area contributed by atoms with Gasteiger partial charge in [-0.1, -0.05) is 25.1 Å². The van der Waals surface area contributed by atoms with Crippen molar-refractivity contribution < 1.29 is 9.18 Å². The third-order valence-electron chi connectivity index (χ3n) is 3.76. The molecule has 0 amide bonds. The van der Waals surface area contributed by atoms with E-state index in [1.165, 1.54) is 10.9 Å². The molecule has 2 nitrogen and oxygen atoms in total. The van der Waals surface area contributed by atoms with Crippen LogP contribution in [-0.4, -0.2) is 24.3 Å². The van der Waals surface area contributed by atoms with E-state index >= 15 is 0 Å². The largest absolute Gasteiger partial charge is 0.298 e. The Bertz CT molecular complexity index is 597. The Morgan fingerprint density at radius 3 is 2.57 bits per heavy atom. The molecule has 0 saturated carbocycles. The standard InChI is InChI=1S/C17H20FNOS/c1-12(17(20)14-7-4-5-8-15(14)18)11-19(3)13(2)16-9-6-10-21-16/h4-10,12-13H,11H2,1-3H3. The van der Waals surface area contributed by atoms with Crippen molar-refractivity contribution in [3.05, 3.63) is 58.0 Å². The molecule has 0 fully saturated rings. The topological polar surface area (TPSA) is 20.3 Å². The van der Waals surface area contributed by atoms with E-state index < -0.39 is 5.82 Å². The van der Waals surface area contributed by atoms with E-state index in [0.29, 0.717) is 6.54 Å². The number of thiophene rings is 1. The van der Waals surface area contributed by atoms with Crippen LogP contribution in [0, 0.1) is 11.7 Å². The summed E-state index contributed by atoms with van der Waals surface area (Å²) in [5, 5.41) is 2.05. The number of nitrogens with zero attached hydrogens (tertiary/aromatic N) is 1. The van der Waals surface area contributed by atoms with Gasteiger partial charge in [0.25, 0.3) is 0 Å². The van der Waals surface area contributed by atoms with Gasteiger partial charge in [0, 0.05) is 23.4 Å². The summed E-state index contributed by atoms with van der Waals surface area (Å²) in [6.45, 7) is 4.57. The number of carbonyl (C=O) groups excluding carboxylic acids is 1. The number of halogens is 1. The Morgan fingerprint density at radius 1 is 1.24 bits per heavy atom. The molecule has 112 valence electrons. The first kappa shape index (κ1) is 15.9. The molecule has 0 aliphatic heterocycles. The zero-order chi connectivity index (χ0) is 15.4. The van der Waals surface area contributed by atoms with Crippen LogP contribution in [0.4, 0.5) is 4.39 Å². The van der Waals surface area contributed by atoms with Crippen LogP contribution in [0.1, 0.15) is 35.1 Å². The minimum Gasteiger partial charge on any atom is -0.298 e. The Hall–Kier alpha value is -1.52. The fourth-order valence-corrected chi connectivity index (χ4v) is 3.19. The van der Waals surface area contributed by atoms with Crippen LogP contribution in [0.3, 0.4) is 0 Å². The van der Waals surface area contributed by atoms with Gasteiger partial charge in [0.05, 0.1) is 5.56 Å². The molecule has 0 bridgehead atoms. The highest BCUT2D eigenvalue weighted by Gasteiger charge is 2.22. The molecule has 1 aromatic heterocycles. The second-order valence-electron chi connectivity index (χ2n) is 5.38. The van der Waals surface area contributed by atoms with Crippen LogP contribution < -0.4 is 0 Å². The lowest BCUT2D eigenvalue weighted by atomic mass is 9.98. The molecule has 2 rings (SSSR count). The van der Waals surface area contributed by atoms with Crippen molar-refractivity contribution in [2.45, 2.75) is 19.9 Å². The Labute approximate surface area is 129 Å². The summed E-state index contributed by atoms with van der Waals surface area (Å²) >= 11 is 1.71. The Morgan fingerprint density at radius 2 is 1.95 bits per heavy atom. The molecule has 21 heavy (non-hydrogen) atoms. The van der Waals surface area contributed by atoms with Gasteiger partial charge < -0.3 is 0 Å². The maximum atomic E-state index is 13.7. The summed E-state index contributed by atoms with van der Waals surface area (Å²) in [4.78, 5) is 15.7. The van der Waals surface area contributed by atoms with Crippen LogP contribution in [0.15, 0.2) is 41.8 Å². The molecule has 1 aromatic carbocycles. The molecule has 0 spiro atoms. The highest BCUT2D eigenvalue weighted by molar-refractivity contribution is 7.10. The van der Waals surface area contributed by atoms with Gasteiger partial charge in [-0.2, -0.15) is 0 Å². The van der Waals surface area contributed by atoms with Gasteiger partial charge in [0.2, 0.25) is 0 Å². The van der Waals surface area contributed by atoms with Crippen molar-refractivity contribution in [2.75, 3.05) is 13.6 Å². The molecule has 0 N–H and O–H groups in total. The van der Waals surface area contributed by atoms with Crippen LogP contribution in [-0.2, 0) is 0 Å². The molecular weight excluding hydrogens is 285 g/mol. The summed E-state index contributed by atoms with van der Waals surface area (Å²) in [6, 6.07) is 10.5. The van der Waals surface area contributed by atoms with Crippen molar-refractivity contribution in [3.8, 4) is 0 Å². The zero-order valence-corrected chi connectivity index (χ0v) is 13.4. The van der Waals surface area contributed by atoms with E-state index in [1.807, 2.05) is 25.4 Å². The van der Waals surface area contributed by atoms with Gasteiger partial charge in [-0.25, -0.2) is 4.39 Å². The quantitative estimate of drug-likeness (QED) is 0.737. The molecule has 0 radical (unpaired) electrons. The second-order valence-corrected chi connectivity index (χ2v) is 6.36. The van der Waals surface area contributed by atoms with Crippen molar-refractivity contribution in [2.24, 2.45) is 5.92 Å². The van der Waals surface area contributed by atoms with Crippen molar-refractivity contribution in [1.29, 1.82) is 0 Å². The predicted molar refractivity (Wildman–Crippen MR) is 85.3 cm³/mol. The maximum absolute atomic E-state index is 13.7. The van der Waals surface area contributed by atoms with Crippen molar-refractivity contribution in [3.63, 3.8) is 0 Å². The first-order valence-corrected chi connectivity index (χ1v) is 7.91. The summed E-state index contributed by atoms with van der Waals surface area (Å²) in [5.74, 6) is -0.823. The summed E-state index contributed by atoms with van der Waals surface area (Å²) in [5.41, 5.74) is 0.183. The molecular formula is C17H20FNOS. The first-order valence-electron chi connectivity index (χ1n) is 7.03. The molecule has 0 aliphatic rings. The average Bonchev–Trinajstić information content (AvgIpc) is 3.00. The fourth-order valence-electron chi connectivity index (χ4n) is 2.35. The lowest BCUT2D eigenvalue weighted by Gasteiger charge is -2.26. The minimum atomic E-state index is -0.441. The van der Waals surface area contributed by atoms with Gasteiger partial charge in [-0.15, -0.1) is 11.3 Å². The van der Waals surface area contributed by atoms with E-state index in [0.717, 1.165) is 0 Å². The van der Waals surface area contributed by atoms with Gasteiger partial charge in [0.15, 0.2) is 5.78 Å². The fraction of sp³-hybridized carbons (Fsp3) is 0.353. The van der Waals surface area contributed by atoms with E-state index in [-0.39, 0.29) is 23.3 Å². The number of benzene rings is 1. The SMILES string of the molecule is CC(CN(C)C(C)c1cccs1)C(=O)c1ccccc1F. The number of Topliss-reactive ketones (excluding diaryl/α,β-unsaturated/α-hetero) is 1. The monoisotopic (exact) mass is 305 g/mol. The molecule has 0 saturated heterocycles. The van der Waals surface area contributed by atoms with E-state index in [1.54, 1.807) is 29.5 Å². The third kappa shape index (κ3) is 3.77. The van der Waals surface area contributed by atoms with Gasteiger partial charge >= 0.3 is 0 Å². The lowest BCUT2D eigenvalue weighted by Crippen LogP contribution is -2.31. The highest BCUT2D eigenvalue weighted by atomic mass is 32.1. The van der Waals surface area contributed by atoms with E-state index in [9.17, 15) is 9.18 Å². The van der Waals surface area contributed by atoms with Gasteiger partial charge in [0.1, 0.15) is 5.82 Å². The Kier molecular flexibility index (Phi) is 5.26. The number of carbonyl (C=O) groups is 1. The van der Waals surface area contributed by atoms with Crippen LogP contribution >= 0.6 is 11.3 Å². The van der Waals surface area contributed by atoms with Crippen LogP contribution in [0.5, 0.6) is 0 Å². The third-order valence-corrected chi connectivity index (χ3v) is 4.81. The number of hydrogen-bond acceptors (Lipinski definition) is 3. The summed E-state index contributed by atoms with van der Waals surface area (Å²) in [6.07, 6.45) is 0. The zero-order valence-electron chi connectivity index (χ0n) is 12.5. The molecule has 2 atom stereocenters. The van der Waals surface area contributed by atoms with Crippen LogP contribution in [0.25, 0.3) is 0 Å². The maximum Gasteiger partial charge on any atom is 0.169 e. The molecule has 0 aliphatic carbocycles. The molecule has 4 heteroatoms. The normalized spacial score (nSPS) is 14.1. The van der Waals surface area contributed by atoms with E-state index in [4.69, 9.17) is 0 Å². The smallest absolute Gasteiger partial charge is 0.169 e. The summed E-state index contributed by atoms with van der Waals surface area (Å²) < 4.78 is 13.7. The number of hydrogen-bond donors (Lipinski definition) is 0. The van der Waals surface area contributed by atoms with Crippen LogP contribution in [0.2, 0.25) is 0 Å². The molecule has 2 aromatic rings. The second kappa shape index (κ2) is 6.96. The lowest BCUT2D eigenvalue weighted by molar-refractivity contribution is 0.0886. The predicted octanol–water partition coefficient (Wildman–Crippen LogP) is 4.40. The number of ketones is 1. The molecule has 1 heterocycles. The first-order chi connectivity index (χ1) is 10.0. The Balaban J connectivity index is 2.02. The van der Waals surface area contributed by atoms with Gasteiger partial charge in [-0.05, 0) is 37.6 Å². The van der Waals surface area contributed by atoms with Crippen molar-refractivity contribution >= 4 is 17.1 Å². The number of rotatable bonds is 6.